The number of methoxy groups -OCH3 is 1. The van der Waals surface area contributed by atoms with Gasteiger partial charge in [-0.1, -0.05) is 18.2 Å². The quantitative estimate of drug-likeness (QED) is 0.757. The average molecular weight is 350 g/mol. The molecule has 2 amide bonds. The SMILES string of the molecule is COc1cccc(NC(=O)Nc2ccc(-c3ccc(=O)n(C)n3)cc2)c1. The zero-order chi connectivity index (χ0) is 18.5. The number of carbonyl (C=O) groups is 1. The highest BCUT2D eigenvalue weighted by Gasteiger charge is 2.05. The average Bonchev–Trinajstić information content (AvgIpc) is 2.65. The van der Waals surface area contributed by atoms with Crippen LogP contribution < -0.4 is 20.9 Å². The summed E-state index contributed by atoms with van der Waals surface area (Å²) in [5, 5.41) is 9.70. The molecule has 2 N–H and O–H groups in total. The predicted octanol–water partition coefficient (Wildman–Crippen LogP) is 3.10. The highest BCUT2D eigenvalue weighted by Crippen LogP contribution is 2.20. The number of hydrogen-bond acceptors (Lipinski definition) is 4. The summed E-state index contributed by atoms with van der Waals surface area (Å²) in [7, 11) is 3.17. The summed E-state index contributed by atoms with van der Waals surface area (Å²) in [6.07, 6.45) is 0. The van der Waals surface area contributed by atoms with Crippen LogP contribution in [0.3, 0.4) is 0 Å². The maximum atomic E-state index is 12.1. The predicted molar refractivity (Wildman–Crippen MR) is 101 cm³/mol. The van der Waals surface area contributed by atoms with Crippen LogP contribution in [0.2, 0.25) is 0 Å². The van der Waals surface area contributed by atoms with Crippen molar-refractivity contribution in [1.29, 1.82) is 0 Å². The monoisotopic (exact) mass is 350 g/mol. The van der Waals surface area contributed by atoms with E-state index in [0.29, 0.717) is 22.8 Å². The van der Waals surface area contributed by atoms with Crippen molar-refractivity contribution < 1.29 is 9.53 Å². The summed E-state index contributed by atoms with van der Waals surface area (Å²) in [5.74, 6) is 0.664. The zero-order valence-corrected chi connectivity index (χ0v) is 14.4. The fourth-order valence-corrected chi connectivity index (χ4v) is 2.37. The molecule has 26 heavy (non-hydrogen) atoms. The Morgan fingerprint density at radius 1 is 1.00 bits per heavy atom. The molecule has 3 aromatic rings. The molecule has 7 heteroatoms. The summed E-state index contributed by atoms with van der Waals surface area (Å²) in [4.78, 5) is 23.5. The van der Waals surface area contributed by atoms with Gasteiger partial charge in [-0.25, -0.2) is 9.48 Å². The van der Waals surface area contributed by atoms with E-state index < -0.39 is 0 Å². The van der Waals surface area contributed by atoms with Crippen LogP contribution in [-0.2, 0) is 7.05 Å². The second-order valence-corrected chi connectivity index (χ2v) is 5.57. The molecule has 0 aliphatic carbocycles. The zero-order valence-electron chi connectivity index (χ0n) is 14.4. The van der Waals surface area contributed by atoms with Gasteiger partial charge in [0.15, 0.2) is 0 Å². The lowest BCUT2D eigenvalue weighted by atomic mass is 10.1. The van der Waals surface area contributed by atoms with Crippen LogP contribution in [0.15, 0.2) is 65.5 Å². The van der Waals surface area contributed by atoms with E-state index >= 15 is 0 Å². The van der Waals surface area contributed by atoms with E-state index in [2.05, 4.69) is 15.7 Å². The van der Waals surface area contributed by atoms with E-state index in [1.54, 1.807) is 56.6 Å². The molecule has 3 rings (SSSR count). The van der Waals surface area contributed by atoms with Crippen molar-refractivity contribution in [2.75, 3.05) is 17.7 Å². The lowest BCUT2D eigenvalue weighted by Gasteiger charge is -2.09. The lowest BCUT2D eigenvalue weighted by molar-refractivity contribution is 0.262. The van der Waals surface area contributed by atoms with Crippen molar-refractivity contribution >= 4 is 17.4 Å². The number of nitrogens with zero attached hydrogens (tertiary/aromatic N) is 2. The molecule has 0 bridgehead atoms. The molecule has 0 radical (unpaired) electrons. The number of aryl methyl sites for hydroxylation is 1. The summed E-state index contributed by atoms with van der Waals surface area (Å²) < 4.78 is 6.41. The van der Waals surface area contributed by atoms with Crippen LogP contribution in [0, 0.1) is 0 Å². The second kappa shape index (κ2) is 7.52. The maximum Gasteiger partial charge on any atom is 0.323 e. The van der Waals surface area contributed by atoms with E-state index in [1.807, 2.05) is 12.1 Å². The molecule has 132 valence electrons. The first kappa shape index (κ1) is 17.2. The Kier molecular flexibility index (Phi) is 4.98. The Hall–Kier alpha value is -3.61. The van der Waals surface area contributed by atoms with Crippen LogP contribution >= 0.6 is 0 Å². The molecule has 2 aromatic carbocycles. The van der Waals surface area contributed by atoms with Gasteiger partial charge >= 0.3 is 6.03 Å². The van der Waals surface area contributed by atoms with E-state index in [4.69, 9.17) is 4.74 Å². The van der Waals surface area contributed by atoms with Gasteiger partial charge in [0.05, 0.1) is 12.8 Å². The Labute approximate surface area is 150 Å². The van der Waals surface area contributed by atoms with Crippen molar-refractivity contribution in [2.45, 2.75) is 0 Å². The van der Waals surface area contributed by atoms with Gasteiger partial charge in [-0.15, -0.1) is 0 Å². The smallest absolute Gasteiger partial charge is 0.323 e. The van der Waals surface area contributed by atoms with Crippen molar-refractivity contribution in [2.24, 2.45) is 7.05 Å². The number of urea groups is 1. The number of hydrogen-bond donors (Lipinski definition) is 2. The largest absolute Gasteiger partial charge is 0.497 e. The van der Waals surface area contributed by atoms with E-state index in [1.165, 1.54) is 10.7 Å². The third-order valence-corrected chi connectivity index (χ3v) is 3.73. The molecule has 1 aromatic heterocycles. The minimum absolute atomic E-state index is 0.166. The molecule has 0 spiro atoms. The normalized spacial score (nSPS) is 10.2. The third kappa shape index (κ3) is 4.07. The Morgan fingerprint density at radius 2 is 1.73 bits per heavy atom. The first-order chi connectivity index (χ1) is 12.5. The number of carbonyl (C=O) groups excluding carboxylic acids is 1. The number of nitrogens with one attached hydrogen (secondary N) is 2. The number of benzene rings is 2. The van der Waals surface area contributed by atoms with E-state index in [-0.39, 0.29) is 11.6 Å². The lowest BCUT2D eigenvalue weighted by Crippen LogP contribution is -2.19. The summed E-state index contributed by atoms with van der Waals surface area (Å²) in [6.45, 7) is 0. The molecule has 0 unspecified atom stereocenters. The number of amides is 2. The molecule has 0 fully saturated rings. The van der Waals surface area contributed by atoms with Gasteiger partial charge in [-0.05, 0) is 30.3 Å². The molecule has 1 heterocycles. The summed E-state index contributed by atoms with van der Waals surface area (Å²) >= 11 is 0. The van der Waals surface area contributed by atoms with Gasteiger partial charge in [-0.2, -0.15) is 5.10 Å². The molecular formula is C19H18N4O3. The maximum absolute atomic E-state index is 12.1. The van der Waals surface area contributed by atoms with Gasteiger partial charge in [0.1, 0.15) is 5.75 Å². The second-order valence-electron chi connectivity index (χ2n) is 5.57. The van der Waals surface area contributed by atoms with Crippen LogP contribution in [0.1, 0.15) is 0 Å². The molecule has 0 aliphatic heterocycles. The van der Waals surface area contributed by atoms with Gasteiger partial charge in [0.2, 0.25) is 0 Å². The molecule has 0 saturated heterocycles. The number of aromatic nitrogens is 2. The Bertz CT molecular complexity index is 981. The number of anilines is 2. The van der Waals surface area contributed by atoms with Crippen molar-refractivity contribution in [3.63, 3.8) is 0 Å². The van der Waals surface area contributed by atoms with Crippen LogP contribution in [-0.4, -0.2) is 22.9 Å². The molecule has 0 aliphatic rings. The van der Waals surface area contributed by atoms with Gasteiger partial charge in [0.25, 0.3) is 5.56 Å². The minimum Gasteiger partial charge on any atom is -0.497 e. The van der Waals surface area contributed by atoms with E-state index in [9.17, 15) is 9.59 Å². The third-order valence-electron chi connectivity index (χ3n) is 3.73. The highest BCUT2D eigenvalue weighted by molar-refractivity contribution is 5.99. The summed E-state index contributed by atoms with van der Waals surface area (Å²) in [5.41, 5.74) is 2.63. The van der Waals surface area contributed by atoms with Crippen molar-refractivity contribution in [3.05, 3.63) is 71.0 Å². The number of rotatable bonds is 4. The van der Waals surface area contributed by atoms with Crippen LogP contribution in [0.4, 0.5) is 16.2 Å². The molecule has 7 nitrogen and oxygen atoms in total. The van der Waals surface area contributed by atoms with Crippen molar-refractivity contribution in [3.8, 4) is 17.0 Å². The fraction of sp³-hybridized carbons (Fsp3) is 0.105. The van der Waals surface area contributed by atoms with Gasteiger partial charge in [0, 0.05) is 36.1 Å². The first-order valence-corrected chi connectivity index (χ1v) is 7.92. The van der Waals surface area contributed by atoms with E-state index in [0.717, 1.165) is 5.56 Å². The topological polar surface area (TPSA) is 85.3 Å². The minimum atomic E-state index is -0.355. The first-order valence-electron chi connectivity index (χ1n) is 7.92. The van der Waals surface area contributed by atoms with Gasteiger partial charge in [-0.3, -0.25) is 4.79 Å². The number of ether oxygens (including phenoxy) is 1. The Morgan fingerprint density at radius 3 is 2.42 bits per heavy atom. The van der Waals surface area contributed by atoms with Crippen LogP contribution in [0.25, 0.3) is 11.3 Å². The fourth-order valence-electron chi connectivity index (χ4n) is 2.37. The molecular weight excluding hydrogens is 332 g/mol. The standard InChI is InChI=1S/C19H18N4O3/c1-23-18(24)11-10-17(22-23)13-6-8-14(9-7-13)20-19(25)21-15-4-3-5-16(12-15)26-2/h3-12H,1-2H3,(H2,20,21,25). The molecule has 0 atom stereocenters. The Balaban J connectivity index is 1.67. The van der Waals surface area contributed by atoms with Gasteiger partial charge < -0.3 is 15.4 Å². The molecule has 0 saturated carbocycles. The van der Waals surface area contributed by atoms with Crippen LogP contribution in [0.5, 0.6) is 5.75 Å². The summed E-state index contributed by atoms with van der Waals surface area (Å²) in [6, 6.07) is 17.1. The van der Waals surface area contributed by atoms with Crippen molar-refractivity contribution in [1.82, 2.24) is 9.78 Å². The highest BCUT2D eigenvalue weighted by atomic mass is 16.5.